The fourth-order valence-corrected chi connectivity index (χ4v) is 2.11. The summed E-state index contributed by atoms with van der Waals surface area (Å²) in [5.74, 6) is -3.06. The van der Waals surface area contributed by atoms with E-state index >= 15 is 0 Å². The van der Waals surface area contributed by atoms with E-state index in [2.05, 4.69) is 0 Å². The molecule has 1 amide bonds. The summed E-state index contributed by atoms with van der Waals surface area (Å²) in [6, 6.07) is 5.84. The Kier molecular flexibility index (Phi) is 3.60. The van der Waals surface area contributed by atoms with Gasteiger partial charge in [0.05, 0.1) is 0 Å². The molecule has 1 unspecified atom stereocenters. The maximum absolute atomic E-state index is 12.7. The summed E-state index contributed by atoms with van der Waals surface area (Å²) in [7, 11) is 0.997. The third kappa shape index (κ3) is 2.56. The number of alkyl halides is 3. The highest BCUT2D eigenvalue weighted by Crippen LogP contribution is 2.35. The Bertz CT molecular complexity index is 593. The number of hydrogen-bond acceptors (Lipinski definition) is 2. The molecular formula is C13H9ClF3NO2. The molecule has 1 aromatic rings. The first-order valence-electron chi connectivity index (χ1n) is 5.57. The van der Waals surface area contributed by atoms with Crippen LogP contribution in [0.15, 0.2) is 36.0 Å². The maximum atomic E-state index is 12.7. The number of rotatable bonds is 1. The Morgan fingerprint density at radius 1 is 1.15 bits per heavy atom. The summed E-state index contributed by atoms with van der Waals surface area (Å²) in [6.45, 7) is 0. The van der Waals surface area contributed by atoms with Crippen molar-refractivity contribution in [2.45, 2.75) is 12.1 Å². The van der Waals surface area contributed by atoms with Gasteiger partial charge in [0.15, 0.2) is 5.78 Å². The van der Waals surface area contributed by atoms with Crippen LogP contribution in [0.4, 0.5) is 13.2 Å². The fraction of sp³-hybridized carbons (Fsp3) is 0.231. The van der Waals surface area contributed by atoms with E-state index in [1.807, 2.05) is 0 Å². The van der Waals surface area contributed by atoms with Crippen molar-refractivity contribution >= 4 is 23.3 Å². The Labute approximate surface area is 117 Å². The van der Waals surface area contributed by atoms with E-state index in [4.69, 9.17) is 11.6 Å². The van der Waals surface area contributed by atoms with Gasteiger partial charge in [-0.2, -0.15) is 13.2 Å². The SMILES string of the molecule is CN1C(=O)C(c2ccc(Cl)cc2)C(=O)C=C1C(F)(F)F. The molecule has 20 heavy (non-hydrogen) atoms. The average Bonchev–Trinajstić information content (AvgIpc) is 2.35. The van der Waals surface area contributed by atoms with Crippen LogP contribution in [0.1, 0.15) is 11.5 Å². The zero-order valence-corrected chi connectivity index (χ0v) is 11.0. The Morgan fingerprint density at radius 3 is 2.20 bits per heavy atom. The number of ketones is 1. The average molecular weight is 304 g/mol. The second-order valence-electron chi connectivity index (χ2n) is 4.31. The molecule has 0 fully saturated rings. The molecule has 0 aliphatic carbocycles. The molecule has 1 atom stereocenters. The topological polar surface area (TPSA) is 37.4 Å². The van der Waals surface area contributed by atoms with Gasteiger partial charge < -0.3 is 4.90 Å². The molecule has 2 rings (SSSR count). The van der Waals surface area contributed by atoms with Gasteiger partial charge in [-0.25, -0.2) is 0 Å². The third-order valence-corrected chi connectivity index (χ3v) is 3.25. The molecule has 106 valence electrons. The van der Waals surface area contributed by atoms with Gasteiger partial charge in [-0.3, -0.25) is 9.59 Å². The van der Waals surface area contributed by atoms with Crippen LogP contribution in [0, 0.1) is 0 Å². The van der Waals surface area contributed by atoms with Gasteiger partial charge in [-0.05, 0) is 17.7 Å². The van der Waals surface area contributed by atoms with E-state index in [1.54, 1.807) is 0 Å². The van der Waals surface area contributed by atoms with Crippen LogP contribution >= 0.6 is 11.6 Å². The number of likely N-dealkylation sites (N-methyl/N-ethyl adjacent to an activating group) is 1. The summed E-state index contributed by atoms with van der Waals surface area (Å²) >= 11 is 5.69. The van der Waals surface area contributed by atoms with E-state index in [-0.39, 0.29) is 0 Å². The van der Waals surface area contributed by atoms with Crippen molar-refractivity contribution in [2.75, 3.05) is 7.05 Å². The van der Waals surface area contributed by atoms with Gasteiger partial charge in [0.1, 0.15) is 11.6 Å². The number of hydrogen-bond donors (Lipinski definition) is 0. The molecule has 0 bridgehead atoms. The molecule has 7 heteroatoms. The molecule has 0 saturated carbocycles. The number of carbonyl (C=O) groups excluding carboxylic acids is 2. The number of carbonyl (C=O) groups is 2. The largest absolute Gasteiger partial charge is 0.431 e. The lowest BCUT2D eigenvalue weighted by Gasteiger charge is -2.30. The highest BCUT2D eigenvalue weighted by atomic mass is 35.5. The van der Waals surface area contributed by atoms with Crippen molar-refractivity contribution in [3.63, 3.8) is 0 Å². The number of benzene rings is 1. The number of nitrogens with zero attached hydrogens (tertiary/aromatic N) is 1. The minimum Gasteiger partial charge on any atom is -0.310 e. The Balaban J connectivity index is 2.44. The number of halogens is 4. The summed E-state index contributed by atoms with van der Waals surface area (Å²) < 4.78 is 38.1. The van der Waals surface area contributed by atoms with E-state index in [1.165, 1.54) is 24.3 Å². The first kappa shape index (κ1) is 14.6. The van der Waals surface area contributed by atoms with Crippen molar-refractivity contribution < 1.29 is 22.8 Å². The van der Waals surface area contributed by atoms with Gasteiger partial charge in [0.25, 0.3) is 0 Å². The first-order chi connectivity index (χ1) is 9.21. The van der Waals surface area contributed by atoms with E-state index in [9.17, 15) is 22.8 Å². The maximum Gasteiger partial charge on any atom is 0.431 e. The van der Waals surface area contributed by atoms with Crippen molar-refractivity contribution in [3.8, 4) is 0 Å². The van der Waals surface area contributed by atoms with Gasteiger partial charge >= 0.3 is 6.18 Å². The molecule has 1 aliphatic heterocycles. The fourth-order valence-electron chi connectivity index (χ4n) is 1.98. The summed E-state index contributed by atoms with van der Waals surface area (Å²) in [6.07, 6.45) is -4.29. The Hall–Kier alpha value is -1.82. The van der Waals surface area contributed by atoms with Crippen molar-refractivity contribution in [1.82, 2.24) is 4.90 Å². The van der Waals surface area contributed by atoms with Crippen LogP contribution in [0.5, 0.6) is 0 Å². The van der Waals surface area contributed by atoms with E-state index in [0.29, 0.717) is 21.6 Å². The molecule has 1 aliphatic rings. The normalized spacial score (nSPS) is 20.1. The molecule has 0 spiro atoms. The predicted molar refractivity (Wildman–Crippen MR) is 66.1 cm³/mol. The zero-order chi connectivity index (χ0) is 15.1. The minimum atomic E-state index is -4.75. The van der Waals surface area contributed by atoms with Crippen LogP contribution in [0.2, 0.25) is 5.02 Å². The van der Waals surface area contributed by atoms with Gasteiger partial charge in [-0.1, -0.05) is 23.7 Å². The second-order valence-corrected chi connectivity index (χ2v) is 4.75. The van der Waals surface area contributed by atoms with Gasteiger partial charge in [0, 0.05) is 18.1 Å². The second kappa shape index (κ2) is 4.94. The lowest BCUT2D eigenvalue weighted by molar-refractivity contribution is -0.147. The zero-order valence-electron chi connectivity index (χ0n) is 10.2. The lowest BCUT2D eigenvalue weighted by atomic mass is 9.90. The molecule has 0 radical (unpaired) electrons. The molecule has 3 nitrogen and oxygen atoms in total. The molecular weight excluding hydrogens is 295 g/mol. The summed E-state index contributed by atoms with van der Waals surface area (Å²) in [5, 5.41) is 0.407. The molecule has 0 saturated heterocycles. The van der Waals surface area contributed by atoms with E-state index < -0.39 is 29.5 Å². The molecule has 0 N–H and O–H groups in total. The van der Waals surface area contributed by atoms with Gasteiger partial charge in [0.2, 0.25) is 5.91 Å². The smallest absolute Gasteiger partial charge is 0.310 e. The standard InChI is InChI=1S/C13H9ClF3NO2/c1-18-10(13(15,16)17)6-9(19)11(12(18)20)7-2-4-8(14)5-3-7/h2-6,11H,1H3. The van der Waals surface area contributed by atoms with Gasteiger partial charge in [-0.15, -0.1) is 0 Å². The number of allylic oxidation sites excluding steroid dienone is 2. The molecule has 1 aromatic carbocycles. The first-order valence-corrected chi connectivity index (χ1v) is 5.95. The van der Waals surface area contributed by atoms with Crippen LogP contribution in [0.3, 0.4) is 0 Å². The van der Waals surface area contributed by atoms with Crippen LogP contribution < -0.4 is 0 Å². The van der Waals surface area contributed by atoms with Crippen molar-refractivity contribution in [3.05, 3.63) is 46.6 Å². The monoisotopic (exact) mass is 303 g/mol. The third-order valence-electron chi connectivity index (χ3n) is 3.00. The number of amides is 1. The lowest BCUT2D eigenvalue weighted by Crippen LogP contribution is -2.43. The highest BCUT2D eigenvalue weighted by Gasteiger charge is 2.45. The van der Waals surface area contributed by atoms with Crippen molar-refractivity contribution in [2.24, 2.45) is 0 Å². The van der Waals surface area contributed by atoms with E-state index in [0.717, 1.165) is 7.05 Å². The molecule has 1 heterocycles. The summed E-state index contributed by atoms with van der Waals surface area (Å²) in [4.78, 5) is 24.3. The molecule has 0 aromatic heterocycles. The predicted octanol–water partition coefficient (Wildman–Crippen LogP) is 2.91. The van der Waals surface area contributed by atoms with Crippen LogP contribution in [-0.4, -0.2) is 29.8 Å². The highest BCUT2D eigenvalue weighted by molar-refractivity contribution is 6.30. The Morgan fingerprint density at radius 2 is 1.70 bits per heavy atom. The quantitative estimate of drug-likeness (QED) is 0.748. The van der Waals surface area contributed by atoms with Crippen LogP contribution in [0.25, 0.3) is 0 Å². The summed E-state index contributed by atoms with van der Waals surface area (Å²) in [5.41, 5.74) is -0.938. The van der Waals surface area contributed by atoms with Crippen LogP contribution in [-0.2, 0) is 9.59 Å². The minimum absolute atomic E-state index is 0.314. The van der Waals surface area contributed by atoms with Crippen molar-refractivity contribution in [1.29, 1.82) is 0 Å².